The molecule has 2 saturated carbocycles. The van der Waals surface area contributed by atoms with Gasteiger partial charge < -0.3 is 14.8 Å². The van der Waals surface area contributed by atoms with Gasteiger partial charge in [-0.1, -0.05) is 13.0 Å². The smallest absolute Gasteiger partial charge is 0.329 e. The van der Waals surface area contributed by atoms with Gasteiger partial charge in [-0.25, -0.2) is 5.43 Å². The van der Waals surface area contributed by atoms with E-state index in [2.05, 4.69) is 41.0 Å². The number of ether oxygens (including phenoxy) is 2. The average Bonchev–Trinajstić information content (AvgIpc) is 3.24. The third-order valence-electron chi connectivity index (χ3n) is 8.60. The van der Waals surface area contributed by atoms with E-state index in [-0.39, 0.29) is 5.41 Å². The summed E-state index contributed by atoms with van der Waals surface area (Å²) in [4.78, 5) is 24.9. The predicted octanol–water partition coefficient (Wildman–Crippen LogP) is 5.06. The molecule has 36 heavy (non-hydrogen) atoms. The lowest BCUT2D eigenvalue weighted by molar-refractivity contribution is -0.136. The molecule has 7 heteroatoms. The molecule has 0 unspecified atom stereocenters. The van der Waals surface area contributed by atoms with Crippen LogP contribution in [0.5, 0.6) is 11.5 Å². The Hall–Kier alpha value is -3.35. The maximum absolute atomic E-state index is 12.5. The summed E-state index contributed by atoms with van der Waals surface area (Å²) in [6, 6.07) is 13.5. The summed E-state index contributed by atoms with van der Waals surface area (Å²) in [5.41, 5.74) is 6.97. The van der Waals surface area contributed by atoms with Crippen LogP contribution in [0.25, 0.3) is 0 Å². The molecule has 0 saturated heterocycles. The summed E-state index contributed by atoms with van der Waals surface area (Å²) >= 11 is 0. The van der Waals surface area contributed by atoms with E-state index in [1.165, 1.54) is 17.5 Å². The number of hydrogen-bond acceptors (Lipinski definition) is 5. The Labute approximate surface area is 212 Å². The second-order valence-electron chi connectivity index (χ2n) is 10.4. The van der Waals surface area contributed by atoms with E-state index in [9.17, 15) is 9.59 Å². The van der Waals surface area contributed by atoms with Crippen molar-refractivity contribution in [3.8, 4) is 11.5 Å². The number of anilines is 1. The quantitative estimate of drug-likeness (QED) is 0.454. The normalized spacial score (nSPS) is 27.4. The second kappa shape index (κ2) is 9.96. The van der Waals surface area contributed by atoms with Gasteiger partial charge in [-0.3, -0.25) is 9.59 Å². The number of rotatable bonds is 5. The minimum Gasteiger partial charge on any atom is -0.497 e. The summed E-state index contributed by atoms with van der Waals surface area (Å²) in [7, 11) is 1.72. The maximum atomic E-state index is 12.5. The minimum atomic E-state index is -0.752. The third kappa shape index (κ3) is 4.47. The van der Waals surface area contributed by atoms with Gasteiger partial charge in [0.25, 0.3) is 0 Å². The van der Waals surface area contributed by atoms with Gasteiger partial charge in [-0.15, -0.1) is 0 Å². The van der Waals surface area contributed by atoms with Crippen LogP contribution in [0.4, 0.5) is 5.69 Å². The number of carbonyl (C=O) groups excluding carboxylic acids is 2. The SMILES string of the molecule is CCOc1ccc(NC(=O)C(=O)N/N=C2/CC[C@H]3[C@H]4CCc5cc(OC)ccc5[C@@H]4CC[C@]23C)cc1. The number of carbonyl (C=O) groups is 2. The zero-order valence-electron chi connectivity index (χ0n) is 21.3. The lowest BCUT2D eigenvalue weighted by Crippen LogP contribution is -2.43. The molecule has 3 aliphatic carbocycles. The number of methoxy groups -OCH3 is 1. The highest BCUT2D eigenvalue weighted by Gasteiger charge is 2.53. The Morgan fingerprint density at radius 2 is 1.81 bits per heavy atom. The first-order valence-electron chi connectivity index (χ1n) is 13.0. The molecule has 2 N–H and O–H groups in total. The molecule has 0 aromatic heterocycles. The fourth-order valence-corrected chi connectivity index (χ4v) is 6.82. The molecule has 2 aromatic rings. The van der Waals surface area contributed by atoms with E-state index < -0.39 is 11.8 Å². The van der Waals surface area contributed by atoms with Gasteiger partial charge in [0, 0.05) is 16.8 Å². The molecule has 3 aliphatic rings. The van der Waals surface area contributed by atoms with Gasteiger partial charge >= 0.3 is 11.8 Å². The molecule has 0 bridgehead atoms. The number of aryl methyl sites for hydroxylation is 1. The van der Waals surface area contributed by atoms with Gasteiger partial charge in [0.1, 0.15) is 11.5 Å². The lowest BCUT2D eigenvalue weighted by Gasteiger charge is -2.49. The highest BCUT2D eigenvalue weighted by molar-refractivity contribution is 6.39. The summed E-state index contributed by atoms with van der Waals surface area (Å²) in [6.07, 6.45) is 6.35. The van der Waals surface area contributed by atoms with Crippen LogP contribution in [0, 0.1) is 17.3 Å². The van der Waals surface area contributed by atoms with Gasteiger partial charge in [0.15, 0.2) is 0 Å². The summed E-state index contributed by atoms with van der Waals surface area (Å²) in [5, 5.41) is 7.13. The van der Waals surface area contributed by atoms with Crippen LogP contribution in [-0.2, 0) is 16.0 Å². The molecule has 0 heterocycles. The molecule has 5 rings (SSSR count). The Morgan fingerprint density at radius 1 is 1.03 bits per heavy atom. The Balaban J connectivity index is 1.23. The van der Waals surface area contributed by atoms with E-state index in [0.29, 0.717) is 35.8 Å². The standard InChI is InChI=1S/C29H35N3O4/c1-4-36-20-8-6-19(7-9-20)30-27(33)28(34)32-31-26-14-13-25-24-11-5-18-17-21(35-3)10-12-22(18)23(24)15-16-29(25,26)2/h6-10,12,17,23-25H,4-5,11,13-16H2,1-3H3,(H,30,33)(H,32,34)/b31-26-/t23-,24-,25-,29-/m0/s1. The summed E-state index contributed by atoms with van der Waals surface area (Å²) in [6.45, 7) is 4.78. The van der Waals surface area contributed by atoms with Crippen molar-refractivity contribution in [2.45, 2.75) is 58.3 Å². The molecule has 0 radical (unpaired) electrons. The molecule has 7 nitrogen and oxygen atoms in total. The monoisotopic (exact) mass is 489 g/mol. The van der Waals surface area contributed by atoms with E-state index in [0.717, 1.165) is 43.6 Å². The van der Waals surface area contributed by atoms with Gasteiger partial charge in [-0.2, -0.15) is 5.10 Å². The molecular weight excluding hydrogens is 454 g/mol. The summed E-state index contributed by atoms with van der Waals surface area (Å²) < 4.78 is 10.8. The fourth-order valence-electron chi connectivity index (χ4n) is 6.82. The first-order valence-corrected chi connectivity index (χ1v) is 13.0. The second-order valence-corrected chi connectivity index (χ2v) is 10.4. The van der Waals surface area contributed by atoms with Crippen molar-refractivity contribution in [3.05, 3.63) is 53.6 Å². The Bertz CT molecular complexity index is 1180. The van der Waals surface area contributed by atoms with Crippen LogP contribution in [0.1, 0.15) is 63.0 Å². The zero-order valence-corrected chi connectivity index (χ0v) is 21.3. The van der Waals surface area contributed by atoms with Crippen molar-refractivity contribution in [3.63, 3.8) is 0 Å². The highest BCUT2D eigenvalue weighted by Crippen LogP contribution is 2.59. The van der Waals surface area contributed by atoms with Crippen molar-refractivity contribution in [1.29, 1.82) is 0 Å². The van der Waals surface area contributed by atoms with Crippen molar-refractivity contribution >= 4 is 23.2 Å². The minimum absolute atomic E-state index is 0.0377. The molecule has 4 atom stereocenters. The van der Waals surface area contributed by atoms with Crippen LogP contribution in [0.2, 0.25) is 0 Å². The van der Waals surface area contributed by atoms with E-state index in [1.54, 1.807) is 31.4 Å². The van der Waals surface area contributed by atoms with Crippen LogP contribution in [-0.4, -0.2) is 31.2 Å². The topological polar surface area (TPSA) is 89.0 Å². The number of nitrogens with one attached hydrogen (secondary N) is 2. The Morgan fingerprint density at radius 3 is 2.56 bits per heavy atom. The third-order valence-corrected chi connectivity index (χ3v) is 8.60. The van der Waals surface area contributed by atoms with Crippen LogP contribution in [0.15, 0.2) is 47.6 Å². The van der Waals surface area contributed by atoms with Crippen LogP contribution in [0.3, 0.4) is 0 Å². The molecular formula is C29H35N3O4. The number of fused-ring (bicyclic) bond motifs is 5. The molecule has 0 aliphatic heterocycles. The maximum Gasteiger partial charge on any atom is 0.329 e. The number of hydrogen-bond donors (Lipinski definition) is 2. The first kappa shape index (κ1) is 24.3. The first-order chi connectivity index (χ1) is 17.4. The number of amides is 2. The largest absolute Gasteiger partial charge is 0.497 e. The van der Waals surface area contributed by atoms with Crippen molar-refractivity contribution in [2.24, 2.45) is 22.4 Å². The molecule has 2 amide bonds. The van der Waals surface area contributed by atoms with Gasteiger partial charge in [0.2, 0.25) is 0 Å². The average molecular weight is 490 g/mol. The Kier molecular flexibility index (Phi) is 6.73. The van der Waals surface area contributed by atoms with Crippen molar-refractivity contribution in [1.82, 2.24) is 5.43 Å². The van der Waals surface area contributed by atoms with E-state index in [4.69, 9.17) is 9.47 Å². The molecule has 2 fully saturated rings. The van der Waals surface area contributed by atoms with Crippen molar-refractivity contribution < 1.29 is 19.1 Å². The van der Waals surface area contributed by atoms with Crippen molar-refractivity contribution in [2.75, 3.05) is 19.0 Å². The molecule has 2 aromatic carbocycles. The predicted molar refractivity (Wildman–Crippen MR) is 139 cm³/mol. The highest BCUT2D eigenvalue weighted by atomic mass is 16.5. The fraction of sp³-hybridized carbons (Fsp3) is 0.483. The lowest BCUT2D eigenvalue weighted by atomic mass is 9.55. The van der Waals surface area contributed by atoms with Gasteiger partial charge in [-0.05, 0) is 111 Å². The molecule has 0 spiro atoms. The van der Waals surface area contributed by atoms with Crippen LogP contribution < -0.4 is 20.2 Å². The van der Waals surface area contributed by atoms with Gasteiger partial charge in [0.05, 0.1) is 13.7 Å². The zero-order chi connectivity index (χ0) is 25.3. The number of nitrogens with zero attached hydrogens (tertiary/aromatic N) is 1. The van der Waals surface area contributed by atoms with E-state index in [1.807, 2.05) is 6.92 Å². The number of benzene rings is 2. The van der Waals surface area contributed by atoms with E-state index >= 15 is 0 Å². The number of hydrazone groups is 1. The van der Waals surface area contributed by atoms with Crippen LogP contribution >= 0.6 is 0 Å². The molecule has 190 valence electrons. The summed E-state index contributed by atoms with van der Waals surface area (Å²) in [5.74, 6) is 1.91.